The Kier molecular flexibility index (Phi) is 10.0. The molecular formula is C33H41N3O7SSi. The Bertz CT molecular complexity index is 1790. The summed E-state index contributed by atoms with van der Waals surface area (Å²) in [4.78, 5) is 18.3. The van der Waals surface area contributed by atoms with Crippen LogP contribution in [-0.4, -0.2) is 60.1 Å². The molecule has 4 aromatic rings. The van der Waals surface area contributed by atoms with Gasteiger partial charge in [0.05, 0.1) is 27.6 Å². The molecule has 0 saturated carbocycles. The van der Waals surface area contributed by atoms with Crippen molar-refractivity contribution in [2.45, 2.75) is 56.8 Å². The van der Waals surface area contributed by atoms with E-state index in [0.29, 0.717) is 11.3 Å². The predicted octanol–water partition coefficient (Wildman–Crippen LogP) is 7.36. The van der Waals surface area contributed by atoms with E-state index in [4.69, 9.17) is 18.3 Å². The summed E-state index contributed by atoms with van der Waals surface area (Å²) in [5, 5.41) is 12.7. The van der Waals surface area contributed by atoms with Crippen molar-refractivity contribution in [3.8, 4) is 17.0 Å². The number of fused-ring (bicyclic) bond motifs is 1. The van der Waals surface area contributed by atoms with Crippen molar-refractivity contribution in [3.63, 3.8) is 0 Å². The van der Waals surface area contributed by atoms with E-state index in [1.807, 2.05) is 69.3 Å². The first kappa shape index (κ1) is 34.0. The molecule has 0 aliphatic heterocycles. The molecule has 0 spiro atoms. The first-order chi connectivity index (χ1) is 21.0. The minimum absolute atomic E-state index is 0.0209. The lowest BCUT2D eigenvalue weighted by atomic mass is 10.1. The van der Waals surface area contributed by atoms with Gasteiger partial charge in [-0.3, -0.25) is 14.3 Å². The van der Waals surface area contributed by atoms with Gasteiger partial charge < -0.3 is 14.1 Å². The second-order valence-electron chi connectivity index (χ2n) is 12.8. The summed E-state index contributed by atoms with van der Waals surface area (Å²) < 4.78 is 43.9. The maximum atomic E-state index is 13.0. The second kappa shape index (κ2) is 13.3. The molecule has 0 fully saturated rings. The second-order valence-corrected chi connectivity index (χ2v) is 19.1. The average molecular weight is 652 g/mol. The molecule has 1 aromatic heterocycles. The molecule has 0 amide bonds. The molecule has 45 heavy (non-hydrogen) atoms. The molecular weight excluding hydrogens is 611 g/mol. The van der Waals surface area contributed by atoms with Gasteiger partial charge in [-0.15, -0.1) is 0 Å². The molecule has 0 saturated heterocycles. The van der Waals surface area contributed by atoms with Gasteiger partial charge in [0.1, 0.15) is 12.7 Å². The van der Waals surface area contributed by atoms with Crippen LogP contribution >= 0.6 is 0 Å². The molecule has 12 heteroatoms. The van der Waals surface area contributed by atoms with Crippen molar-refractivity contribution >= 4 is 40.7 Å². The van der Waals surface area contributed by atoms with E-state index < -0.39 is 29.5 Å². The Morgan fingerprint density at radius 2 is 1.64 bits per heavy atom. The number of aromatic nitrogens is 1. The minimum atomic E-state index is -4.08. The van der Waals surface area contributed by atoms with Gasteiger partial charge in [-0.2, -0.15) is 8.42 Å². The van der Waals surface area contributed by atoms with E-state index in [2.05, 4.69) is 20.8 Å². The number of ether oxygens (including phenoxy) is 1. The molecule has 1 heterocycles. The number of nitrogens with zero attached hydrogens (tertiary/aromatic N) is 3. The predicted molar refractivity (Wildman–Crippen MR) is 180 cm³/mol. The Labute approximate surface area is 266 Å². The monoisotopic (exact) mass is 651 g/mol. The number of benzene rings is 3. The number of hydrogen-bond acceptors (Lipinski definition) is 9. The maximum Gasteiger partial charge on any atom is 0.310 e. The van der Waals surface area contributed by atoms with E-state index in [0.717, 1.165) is 22.2 Å². The molecule has 0 bridgehead atoms. The number of hydrogen-bond donors (Lipinski definition) is 0. The zero-order chi connectivity index (χ0) is 33.2. The summed E-state index contributed by atoms with van der Waals surface area (Å²) in [6.45, 7) is 11.6. The highest BCUT2D eigenvalue weighted by Crippen LogP contribution is 2.38. The van der Waals surface area contributed by atoms with Crippen LogP contribution in [0.5, 0.6) is 5.75 Å². The third kappa shape index (κ3) is 8.26. The van der Waals surface area contributed by atoms with Gasteiger partial charge in [0.15, 0.2) is 14.1 Å². The van der Waals surface area contributed by atoms with Gasteiger partial charge in [-0.1, -0.05) is 44.5 Å². The van der Waals surface area contributed by atoms with Crippen molar-refractivity contribution in [2.75, 3.05) is 32.2 Å². The van der Waals surface area contributed by atoms with Crippen molar-refractivity contribution in [1.29, 1.82) is 0 Å². The molecule has 240 valence electrons. The summed E-state index contributed by atoms with van der Waals surface area (Å²) >= 11 is 0. The quantitative estimate of drug-likeness (QED) is 0.0669. The highest BCUT2D eigenvalue weighted by Gasteiger charge is 2.40. The van der Waals surface area contributed by atoms with Crippen molar-refractivity contribution in [2.24, 2.45) is 0 Å². The van der Waals surface area contributed by atoms with E-state index in [9.17, 15) is 18.5 Å². The molecule has 0 radical (unpaired) electrons. The third-order valence-electron chi connectivity index (χ3n) is 8.05. The molecule has 1 atom stereocenters. The highest BCUT2D eigenvalue weighted by atomic mass is 32.2. The normalized spacial score (nSPS) is 13.1. The Morgan fingerprint density at radius 1 is 0.956 bits per heavy atom. The number of rotatable bonds is 12. The van der Waals surface area contributed by atoms with Crippen LogP contribution in [0.1, 0.15) is 26.3 Å². The maximum absolute atomic E-state index is 13.0. The zero-order valence-electron chi connectivity index (χ0n) is 27.0. The minimum Gasteiger partial charge on any atom is -0.484 e. The average Bonchev–Trinajstić information content (AvgIpc) is 2.97. The molecule has 3 aromatic carbocycles. The summed E-state index contributed by atoms with van der Waals surface area (Å²) in [6, 6.07) is 20.7. The summed E-state index contributed by atoms with van der Waals surface area (Å²) in [5.41, 5.74) is 3.79. The van der Waals surface area contributed by atoms with Crippen LogP contribution in [0, 0.1) is 17.0 Å². The van der Waals surface area contributed by atoms with Crippen LogP contribution in [0.25, 0.3) is 22.2 Å². The number of nitro benzene ring substituents is 1. The lowest BCUT2D eigenvalue weighted by molar-refractivity contribution is -0.385. The van der Waals surface area contributed by atoms with Crippen LogP contribution in [0.3, 0.4) is 0 Å². The summed E-state index contributed by atoms with van der Waals surface area (Å²) in [7, 11) is -2.56. The van der Waals surface area contributed by atoms with E-state index in [1.165, 1.54) is 18.2 Å². The molecule has 0 aliphatic rings. The number of aryl methyl sites for hydroxylation is 1. The Balaban J connectivity index is 1.62. The van der Waals surface area contributed by atoms with Gasteiger partial charge in [0, 0.05) is 36.8 Å². The number of nitro groups is 1. The van der Waals surface area contributed by atoms with Crippen LogP contribution < -0.4 is 9.64 Å². The van der Waals surface area contributed by atoms with Gasteiger partial charge >= 0.3 is 5.69 Å². The van der Waals surface area contributed by atoms with Crippen LogP contribution in [0.2, 0.25) is 18.1 Å². The zero-order valence-corrected chi connectivity index (χ0v) is 28.8. The van der Waals surface area contributed by atoms with Crippen molar-refractivity contribution in [3.05, 3.63) is 88.5 Å². The van der Waals surface area contributed by atoms with Crippen molar-refractivity contribution < 1.29 is 26.7 Å². The van der Waals surface area contributed by atoms with E-state index >= 15 is 0 Å². The van der Waals surface area contributed by atoms with Crippen LogP contribution in [0.15, 0.2) is 77.7 Å². The van der Waals surface area contributed by atoms with Crippen molar-refractivity contribution in [1.82, 2.24) is 4.98 Å². The SMILES string of the molecule is Cc1ccc(S(=O)(=O)OCC(COc2cc(-c3ccc4cc(N(C)C)ccc4n3)ccc2[N+](=O)[O-])O[Si](C)(C)C(C)(C)C)cc1. The summed E-state index contributed by atoms with van der Waals surface area (Å²) in [6.07, 6.45) is -0.820. The lowest BCUT2D eigenvalue weighted by Gasteiger charge is -2.39. The van der Waals surface area contributed by atoms with Gasteiger partial charge in [-0.25, -0.2) is 4.98 Å². The van der Waals surface area contributed by atoms with E-state index in [1.54, 1.807) is 24.3 Å². The lowest BCUT2D eigenvalue weighted by Crippen LogP contribution is -2.47. The topological polar surface area (TPSA) is 121 Å². The number of anilines is 1. The molecule has 0 N–H and O–H groups in total. The molecule has 10 nitrogen and oxygen atoms in total. The first-order valence-electron chi connectivity index (χ1n) is 14.6. The Hall–Kier alpha value is -3.84. The molecule has 4 rings (SSSR count). The molecule has 1 unspecified atom stereocenters. The van der Waals surface area contributed by atoms with Crippen LogP contribution in [-0.2, 0) is 18.7 Å². The van der Waals surface area contributed by atoms with Crippen LogP contribution in [0.4, 0.5) is 11.4 Å². The molecule has 0 aliphatic carbocycles. The fourth-order valence-electron chi connectivity index (χ4n) is 4.32. The largest absolute Gasteiger partial charge is 0.484 e. The van der Waals surface area contributed by atoms with E-state index in [-0.39, 0.29) is 34.6 Å². The smallest absolute Gasteiger partial charge is 0.310 e. The highest BCUT2D eigenvalue weighted by molar-refractivity contribution is 7.86. The summed E-state index contributed by atoms with van der Waals surface area (Å²) in [5.74, 6) is 0.0209. The number of pyridine rings is 1. The van der Waals surface area contributed by atoms with Gasteiger partial charge in [0.2, 0.25) is 0 Å². The first-order valence-corrected chi connectivity index (χ1v) is 18.9. The Morgan fingerprint density at radius 3 is 2.27 bits per heavy atom. The van der Waals surface area contributed by atoms with Gasteiger partial charge in [-0.05, 0) is 73.6 Å². The fourth-order valence-corrected chi connectivity index (χ4v) is 6.58. The standard InChI is InChI=1S/C33H41N3O7SSi/c1-23-9-14-28(15-10-23)44(39,40)42-22-27(43-45(7,8)33(2,3)4)21-41-32-20-25(12-18-31(32)36(37)38)29-16-11-24-19-26(35(5)6)13-17-30(24)34-29/h9-20,27H,21-22H2,1-8H3. The third-order valence-corrected chi connectivity index (χ3v) is 13.9. The van der Waals surface area contributed by atoms with Gasteiger partial charge in [0.25, 0.3) is 10.1 Å². The fraction of sp³-hybridized carbons (Fsp3) is 0.364.